The number of hydrogen-bond donors (Lipinski definition) is 1. The third-order valence-corrected chi connectivity index (χ3v) is 4.32. The molecule has 5 heteroatoms. The number of morpholine rings is 1. The van der Waals surface area contributed by atoms with Gasteiger partial charge < -0.3 is 15.0 Å². The highest BCUT2D eigenvalue weighted by molar-refractivity contribution is 8.02. The van der Waals surface area contributed by atoms with Crippen LogP contribution in [0, 0.1) is 0 Å². The number of ether oxygens (including phenoxy) is 1. The molecule has 1 fully saturated rings. The standard InChI is InChI=1S/C13H25N3OS/c1-3-5-16(6-4-2)13-14-12(11-18-13)15-7-9-17-10-8-15/h11,13-14H,3-10H2,1-2H3. The second kappa shape index (κ2) is 7.26. The maximum absolute atomic E-state index is 5.40. The molecule has 0 aromatic carbocycles. The fourth-order valence-corrected chi connectivity index (χ4v) is 3.44. The van der Waals surface area contributed by atoms with E-state index >= 15 is 0 Å². The quantitative estimate of drug-likeness (QED) is 0.796. The molecule has 0 spiro atoms. The first-order valence-electron chi connectivity index (χ1n) is 7.04. The van der Waals surface area contributed by atoms with Gasteiger partial charge in [-0.1, -0.05) is 25.6 Å². The van der Waals surface area contributed by atoms with Crippen LogP contribution in [0.25, 0.3) is 0 Å². The third-order valence-electron chi connectivity index (χ3n) is 3.28. The lowest BCUT2D eigenvalue weighted by molar-refractivity contribution is 0.0490. The van der Waals surface area contributed by atoms with Crippen molar-refractivity contribution in [3.63, 3.8) is 0 Å². The van der Waals surface area contributed by atoms with E-state index < -0.39 is 0 Å². The first-order valence-corrected chi connectivity index (χ1v) is 7.98. The molecule has 0 bridgehead atoms. The highest BCUT2D eigenvalue weighted by Gasteiger charge is 2.26. The molecule has 4 nitrogen and oxygen atoms in total. The molecule has 18 heavy (non-hydrogen) atoms. The number of nitrogens with zero attached hydrogens (tertiary/aromatic N) is 2. The summed E-state index contributed by atoms with van der Waals surface area (Å²) >= 11 is 1.90. The summed E-state index contributed by atoms with van der Waals surface area (Å²) in [6.45, 7) is 10.5. The molecular formula is C13H25N3OS. The normalized spacial score (nSPS) is 24.3. The Morgan fingerprint density at radius 1 is 1.33 bits per heavy atom. The molecule has 2 rings (SSSR count). The van der Waals surface area contributed by atoms with Crippen LogP contribution >= 0.6 is 11.8 Å². The molecule has 104 valence electrons. The minimum atomic E-state index is 0.419. The van der Waals surface area contributed by atoms with E-state index in [4.69, 9.17) is 4.74 Å². The van der Waals surface area contributed by atoms with Gasteiger partial charge in [-0.2, -0.15) is 0 Å². The average Bonchev–Trinajstić information content (AvgIpc) is 2.89. The van der Waals surface area contributed by atoms with E-state index in [-0.39, 0.29) is 0 Å². The molecule has 2 aliphatic heterocycles. The summed E-state index contributed by atoms with van der Waals surface area (Å²) in [5, 5.41) is 5.92. The highest BCUT2D eigenvalue weighted by atomic mass is 32.2. The monoisotopic (exact) mass is 271 g/mol. The maximum Gasteiger partial charge on any atom is 0.133 e. The van der Waals surface area contributed by atoms with E-state index in [1.54, 1.807) is 0 Å². The van der Waals surface area contributed by atoms with Crippen molar-refractivity contribution in [1.82, 2.24) is 15.1 Å². The van der Waals surface area contributed by atoms with Crippen molar-refractivity contribution in [2.75, 3.05) is 39.4 Å². The molecule has 1 saturated heterocycles. The number of hydrogen-bond acceptors (Lipinski definition) is 5. The van der Waals surface area contributed by atoms with Gasteiger partial charge >= 0.3 is 0 Å². The topological polar surface area (TPSA) is 27.7 Å². The van der Waals surface area contributed by atoms with Crippen molar-refractivity contribution in [2.24, 2.45) is 0 Å². The van der Waals surface area contributed by atoms with Gasteiger partial charge in [0.25, 0.3) is 0 Å². The van der Waals surface area contributed by atoms with Crippen molar-refractivity contribution < 1.29 is 4.74 Å². The molecule has 2 aliphatic rings. The lowest BCUT2D eigenvalue weighted by Gasteiger charge is -2.33. The van der Waals surface area contributed by atoms with Gasteiger partial charge in [0.2, 0.25) is 0 Å². The van der Waals surface area contributed by atoms with Crippen LogP contribution in [0.2, 0.25) is 0 Å². The van der Waals surface area contributed by atoms with Gasteiger partial charge in [0.15, 0.2) is 0 Å². The van der Waals surface area contributed by atoms with Gasteiger partial charge in [-0.3, -0.25) is 4.90 Å². The third kappa shape index (κ3) is 3.56. The van der Waals surface area contributed by atoms with Gasteiger partial charge in [0.05, 0.1) is 13.2 Å². The summed E-state index contributed by atoms with van der Waals surface area (Å²) in [6, 6.07) is 0. The molecule has 0 aliphatic carbocycles. The molecule has 0 radical (unpaired) electrons. The molecule has 2 heterocycles. The van der Waals surface area contributed by atoms with Crippen LogP contribution in [-0.2, 0) is 4.74 Å². The summed E-state index contributed by atoms with van der Waals surface area (Å²) < 4.78 is 5.40. The van der Waals surface area contributed by atoms with Gasteiger partial charge in [-0.25, -0.2) is 0 Å². The molecule has 0 aromatic heterocycles. The summed E-state index contributed by atoms with van der Waals surface area (Å²) in [5.74, 6) is 1.28. The van der Waals surface area contributed by atoms with Crippen molar-refractivity contribution in [3.8, 4) is 0 Å². The minimum Gasteiger partial charge on any atom is -0.378 e. The van der Waals surface area contributed by atoms with E-state index in [1.807, 2.05) is 11.8 Å². The summed E-state index contributed by atoms with van der Waals surface area (Å²) in [6.07, 6.45) is 2.43. The van der Waals surface area contributed by atoms with E-state index in [1.165, 1.54) is 31.8 Å². The van der Waals surface area contributed by atoms with E-state index in [9.17, 15) is 0 Å². The Bertz CT molecular complexity index is 273. The molecule has 1 atom stereocenters. The predicted octanol–water partition coefficient (Wildman–Crippen LogP) is 1.86. The van der Waals surface area contributed by atoms with E-state index in [0.717, 1.165) is 26.3 Å². The first kappa shape index (κ1) is 14.0. The van der Waals surface area contributed by atoms with Crippen molar-refractivity contribution >= 4 is 11.8 Å². The molecule has 0 saturated carbocycles. The van der Waals surface area contributed by atoms with Gasteiger partial charge in [-0.05, 0) is 12.8 Å². The van der Waals surface area contributed by atoms with Crippen LogP contribution in [0.15, 0.2) is 11.2 Å². The van der Waals surface area contributed by atoms with Crippen LogP contribution < -0.4 is 5.32 Å². The Balaban J connectivity index is 1.84. The Morgan fingerprint density at radius 3 is 2.61 bits per heavy atom. The number of thioether (sulfide) groups is 1. The van der Waals surface area contributed by atoms with Gasteiger partial charge in [0, 0.05) is 31.6 Å². The molecular weight excluding hydrogens is 246 g/mol. The fraction of sp³-hybridized carbons (Fsp3) is 0.846. The molecule has 1 N–H and O–H groups in total. The van der Waals surface area contributed by atoms with E-state index in [2.05, 4.69) is 34.4 Å². The SMILES string of the molecule is CCCN(CCC)C1NC(N2CCOCC2)=CS1. The van der Waals surface area contributed by atoms with Crippen molar-refractivity contribution in [1.29, 1.82) is 0 Å². The molecule has 1 unspecified atom stereocenters. The zero-order valence-electron chi connectivity index (χ0n) is 11.5. The second-order valence-electron chi connectivity index (χ2n) is 4.77. The summed E-state index contributed by atoms with van der Waals surface area (Å²) in [5.41, 5.74) is 0.419. The van der Waals surface area contributed by atoms with E-state index in [0.29, 0.717) is 5.50 Å². The highest BCUT2D eigenvalue weighted by Crippen LogP contribution is 2.26. The number of rotatable bonds is 6. The fourth-order valence-electron chi connectivity index (χ4n) is 2.39. The predicted molar refractivity (Wildman–Crippen MR) is 77.1 cm³/mol. The molecule has 0 amide bonds. The van der Waals surface area contributed by atoms with Crippen LogP contribution in [0.1, 0.15) is 26.7 Å². The first-order chi connectivity index (χ1) is 8.85. The zero-order chi connectivity index (χ0) is 12.8. The van der Waals surface area contributed by atoms with Crippen LogP contribution in [0.3, 0.4) is 0 Å². The Labute approximate surface area is 115 Å². The average molecular weight is 271 g/mol. The lowest BCUT2D eigenvalue weighted by atomic mass is 10.4. The van der Waals surface area contributed by atoms with Crippen molar-refractivity contribution in [3.05, 3.63) is 11.2 Å². The van der Waals surface area contributed by atoms with Gasteiger partial charge in [-0.15, -0.1) is 0 Å². The Hall–Kier alpha value is -0.390. The Kier molecular flexibility index (Phi) is 5.66. The minimum absolute atomic E-state index is 0.419. The number of nitrogens with one attached hydrogen (secondary N) is 1. The summed E-state index contributed by atoms with van der Waals surface area (Å²) in [7, 11) is 0. The largest absolute Gasteiger partial charge is 0.378 e. The van der Waals surface area contributed by atoms with Crippen LogP contribution in [-0.4, -0.2) is 54.7 Å². The van der Waals surface area contributed by atoms with Gasteiger partial charge in [0.1, 0.15) is 11.3 Å². The Morgan fingerprint density at radius 2 is 2.00 bits per heavy atom. The summed E-state index contributed by atoms with van der Waals surface area (Å²) in [4.78, 5) is 4.93. The van der Waals surface area contributed by atoms with Crippen molar-refractivity contribution in [2.45, 2.75) is 32.2 Å². The maximum atomic E-state index is 5.40. The molecule has 0 aromatic rings. The second-order valence-corrected chi connectivity index (χ2v) is 5.73. The van der Waals surface area contributed by atoms with Crippen LogP contribution in [0.4, 0.5) is 0 Å². The zero-order valence-corrected chi connectivity index (χ0v) is 12.3. The smallest absolute Gasteiger partial charge is 0.133 e. The lowest BCUT2D eigenvalue weighted by Crippen LogP contribution is -2.46. The van der Waals surface area contributed by atoms with Crippen LogP contribution in [0.5, 0.6) is 0 Å².